The van der Waals surface area contributed by atoms with E-state index in [1.807, 2.05) is 0 Å². The summed E-state index contributed by atoms with van der Waals surface area (Å²) >= 11 is 0. The van der Waals surface area contributed by atoms with Crippen LogP contribution in [0.3, 0.4) is 0 Å². The van der Waals surface area contributed by atoms with Crippen LogP contribution >= 0.6 is 0 Å². The normalized spacial score (nSPS) is 12.5. The van der Waals surface area contributed by atoms with Crippen molar-refractivity contribution in [1.82, 2.24) is 0 Å². The number of rotatable bonds is 28. The molecule has 0 aromatic rings. The van der Waals surface area contributed by atoms with Gasteiger partial charge in [-0.25, -0.2) is 0 Å². The minimum absolute atomic E-state index is 0.0257. The molecule has 0 N–H and O–H groups in total. The lowest BCUT2D eigenvalue weighted by Crippen LogP contribution is -2.15. The summed E-state index contributed by atoms with van der Waals surface area (Å²) in [5.74, 6) is 2.20. The average Bonchev–Trinajstić information content (AvgIpc) is 2.84. The Hall–Kier alpha value is -0.530. The highest BCUT2D eigenvalue weighted by Gasteiger charge is 2.12. The van der Waals surface area contributed by atoms with Crippen molar-refractivity contribution < 1.29 is 9.53 Å². The van der Waals surface area contributed by atoms with Crippen molar-refractivity contribution in [2.45, 2.75) is 189 Å². The fourth-order valence-electron chi connectivity index (χ4n) is 5.22. The minimum Gasteiger partial charge on any atom is -0.465 e. The van der Waals surface area contributed by atoms with Crippen molar-refractivity contribution in [3.05, 3.63) is 0 Å². The van der Waals surface area contributed by atoms with Crippen LogP contribution in [0.2, 0.25) is 0 Å². The summed E-state index contributed by atoms with van der Waals surface area (Å²) in [5, 5.41) is 0. The number of carbonyl (C=O) groups excluding carboxylic acids is 1. The van der Waals surface area contributed by atoms with Gasteiger partial charge in [0.1, 0.15) is 0 Å². The highest BCUT2D eigenvalue weighted by Crippen LogP contribution is 2.19. The third-order valence-corrected chi connectivity index (χ3v) is 7.74. The molecule has 0 bridgehead atoms. The van der Waals surface area contributed by atoms with Gasteiger partial charge in [0, 0.05) is 6.42 Å². The van der Waals surface area contributed by atoms with Gasteiger partial charge in [-0.05, 0) is 37.0 Å². The lowest BCUT2D eigenvalue weighted by molar-refractivity contribution is -0.145. The quantitative estimate of drug-likeness (QED) is 0.0775. The fraction of sp³-hybridized carbons (Fsp3) is 0.971. The van der Waals surface area contributed by atoms with Gasteiger partial charge >= 0.3 is 5.97 Å². The second kappa shape index (κ2) is 27.5. The van der Waals surface area contributed by atoms with E-state index in [-0.39, 0.29) is 5.97 Å². The van der Waals surface area contributed by atoms with Crippen LogP contribution in [0.25, 0.3) is 0 Å². The summed E-state index contributed by atoms with van der Waals surface area (Å²) in [6, 6.07) is 0. The monoisotopic (exact) mass is 509 g/mol. The molecule has 2 heteroatoms. The van der Waals surface area contributed by atoms with Crippen LogP contribution < -0.4 is 0 Å². The number of ether oxygens (including phenoxy) is 1. The minimum atomic E-state index is 0.0257. The molecule has 216 valence electrons. The van der Waals surface area contributed by atoms with Gasteiger partial charge in [0.2, 0.25) is 0 Å². The number of unbranched alkanes of at least 4 members (excludes halogenated alkanes) is 17. The average molecular weight is 509 g/mol. The Morgan fingerprint density at radius 1 is 0.500 bits per heavy atom. The Balaban J connectivity index is 3.31. The fourth-order valence-corrected chi connectivity index (χ4v) is 5.22. The van der Waals surface area contributed by atoms with Crippen molar-refractivity contribution in [2.24, 2.45) is 17.8 Å². The Morgan fingerprint density at radius 3 is 1.28 bits per heavy atom. The molecule has 1 unspecified atom stereocenters. The molecule has 1 atom stereocenters. The van der Waals surface area contributed by atoms with Crippen molar-refractivity contribution in [3.63, 3.8) is 0 Å². The zero-order valence-electron chi connectivity index (χ0n) is 25.7. The summed E-state index contributed by atoms with van der Waals surface area (Å²) < 4.78 is 5.59. The van der Waals surface area contributed by atoms with E-state index in [1.165, 1.54) is 141 Å². The Kier molecular flexibility index (Phi) is 27.1. The molecule has 0 aliphatic rings. The topological polar surface area (TPSA) is 26.3 Å². The molecule has 0 aromatic heterocycles. The van der Waals surface area contributed by atoms with E-state index in [2.05, 4.69) is 34.6 Å². The smallest absolute Gasteiger partial charge is 0.305 e. The molecule has 0 saturated heterocycles. The summed E-state index contributed by atoms with van der Waals surface area (Å²) in [4.78, 5) is 12.1. The molecule has 0 amide bonds. The summed E-state index contributed by atoms with van der Waals surface area (Å²) in [6.45, 7) is 12.1. The van der Waals surface area contributed by atoms with E-state index in [9.17, 15) is 4.79 Å². The SMILES string of the molecule is CCCC(CCC(C)C)COC(=O)CCCCCCCCCCCCCCCCCCCCC(C)C. The maximum absolute atomic E-state index is 12.1. The van der Waals surface area contributed by atoms with Crippen molar-refractivity contribution in [1.29, 1.82) is 0 Å². The first-order valence-corrected chi connectivity index (χ1v) is 16.6. The molecule has 2 nitrogen and oxygen atoms in total. The van der Waals surface area contributed by atoms with Gasteiger partial charge in [-0.15, -0.1) is 0 Å². The van der Waals surface area contributed by atoms with E-state index in [1.54, 1.807) is 0 Å². The highest BCUT2D eigenvalue weighted by molar-refractivity contribution is 5.69. The maximum atomic E-state index is 12.1. The number of esters is 1. The lowest BCUT2D eigenvalue weighted by Gasteiger charge is -2.17. The van der Waals surface area contributed by atoms with Crippen molar-refractivity contribution in [2.75, 3.05) is 6.61 Å². The van der Waals surface area contributed by atoms with E-state index in [0.29, 0.717) is 18.9 Å². The molecule has 0 heterocycles. The van der Waals surface area contributed by atoms with Crippen LogP contribution in [0, 0.1) is 17.8 Å². The van der Waals surface area contributed by atoms with Gasteiger partial charge in [0.25, 0.3) is 0 Å². The largest absolute Gasteiger partial charge is 0.465 e. The molecule has 0 saturated carbocycles. The molecular weight excluding hydrogens is 440 g/mol. The van der Waals surface area contributed by atoms with Crippen LogP contribution in [0.4, 0.5) is 0 Å². The second-order valence-electron chi connectivity index (χ2n) is 12.6. The zero-order chi connectivity index (χ0) is 26.7. The molecule has 0 rings (SSSR count). The molecule has 0 radical (unpaired) electrons. The highest BCUT2D eigenvalue weighted by atomic mass is 16.5. The molecular formula is C34H68O2. The van der Waals surface area contributed by atoms with E-state index in [4.69, 9.17) is 4.74 Å². The Bertz CT molecular complexity index is 442. The van der Waals surface area contributed by atoms with Crippen LogP contribution in [-0.2, 0) is 9.53 Å². The van der Waals surface area contributed by atoms with Crippen molar-refractivity contribution in [3.8, 4) is 0 Å². The first kappa shape index (κ1) is 35.5. The third kappa shape index (κ3) is 28.0. The van der Waals surface area contributed by atoms with Gasteiger partial charge in [-0.2, -0.15) is 0 Å². The zero-order valence-corrected chi connectivity index (χ0v) is 25.7. The Morgan fingerprint density at radius 2 is 0.889 bits per heavy atom. The summed E-state index contributed by atoms with van der Waals surface area (Å²) in [5.41, 5.74) is 0. The van der Waals surface area contributed by atoms with Gasteiger partial charge in [-0.3, -0.25) is 4.79 Å². The van der Waals surface area contributed by atoms with Gasteiger partial charge in [-0.1, -0.05) is 163 Å². The maximum Gasteiger partial charge on any atom is 0.305 e. The number of hydrogen-bond donors (Lipinski definition) is 0. The molecule has 0 aliphatic carbocycles. The van der Waals surface area contributed by atoms with Crippen LogP contribution in [0.15, 0.2) is 0 Å². The first-order chi connectivity index (χ1) is 17.5. The number of carbonyl (C=O) groups is 1. The molecule has 36 heavy (non-hydrogen) atoms. The Labute approximate surface area is 228 Å². The predicted molar refractivity (Wildman–Crippen MR) is 161 cm³/mol. The lowest BCUT2D eigenvalue weighted by atomic mass is 9.95. The first-order valence-electron chi connectivity index (χ1n) is 16.6. The van der Waals surface area contributed by atoms with E-state index < -0.39 is 0 Å². The van der Waals surface area contributed by atoms with Crippen molar-refractivity contribution >= 4 is 5.97 Å². The molecule has 0 aliphatic heterocycles. The second-order valence-corrected chi connectivity index (χ2v) is 12.6. The molecule has 0 spiro atoms. The summed E-state index contributed by atoms with van der Waals surface area (Å²) in [6.07, 6.45) is 31.7. The van der Waals surface area contributed by atoms with Gasteiger partial charge in [0.15, 0.2) is 0 Å². The van der Waals surface area contributed by atoms with Crippen LogP contribution in [0.5, 0.6) is 0 Å². The molecule has 0 aromatic carbocycles. The van der Waals surface area contributed by atoms with Crippen LogP contribution in [-0.4, -0.2) is 12.6 Å². The van der Waals surface area contributed by atoms with E-state index >= 15 is 0 Å². The standard InChI is InChI=1S/C34H68O2/c1-6-25-33(29-28-32(4)5)30-36-34(35)27-24-22-20-18-16-14-12-10-8-7-9-11-13-15-17-19-21-23-26-31(2)3/h31-33H,6-30H2,1-5H3. The third-order valence-electron chi connectivity index (χ3n) is 7.74. The molecule has 0 fully saturated rings. The van der Waals surface area contributed by atoms with Crippen LogP contribution in [0.1, 0.15) is 189 Å². The predicted octanol–water partition coefficient (Wildman–Crippen LogP) is 11.8. The summed E-state index contributed by atoms with van der Waals surface area (Å²) in [7, 11) is 0. The van der Waals surface area contributed by atoms with E-state index in [0.717, 1.165) is 18.3 Å². The van der Waals surface area contributed by atoms with Gasteiger partial charge < -0.3 is 4.74 Å². The number of hydrogen-bond acceptors (Lipinski definition) is 2. The van der Waals surface area contributed by atoms with Gasteiger partial charge in [0.05, 0.1) is 6.61 Å².